The zero-order valence-corrected chi connectivity index (χ0v) is 12.3. The van der Waals surface area contributed by atoms with E-state index in [1.807, 2.05) is 0 Å². The first-order valence-corrected chi connectivity index (χ1v) is 7.64. The Bertz CT molecular complexity index is 489. The molecule has 1 atom stereocenters. The minimum absolute atomic E-state index is 0.0194. The highest BCUT2D eigenvalue weighted by atomic mass is 32.1. The maximum Gasteiger partial charge on any atom is 0.273 e. The number of anilines is 1. The summed E-state index contributed by atoms with van der Waals surface area (Å²) >= 11 is 1.23. The molecule has 7 heteroatoms. The van der Waals surface area contributed by atoms with Gasteiger partial charge in [0.1, 0.15) is 5.69 Å². The van der Waals surface area contributed by atoms with Crippen molar-refractivity contribution in [3.8, 4) is 0 Å². The lowest BCUT2D eigenvalue weighted by Crippen LogP contribution is -2.42. The van der Waals surface area contributed by atoms with E-state index < -0.39 is 0 Å². The van der Waals surface area contributed by atoms with E-state index in [0.29, 0.717) is 17.4 Å². The van der Waals surface area contributed by atoms with E-state index in [0.717, 1.165) is 25.7 Å². The summed E-state index contributed by atoms with van der Waals surface area (Å²) in [5, 5.41) is 14.1. The fourth-order valence-corrected chi connectivity index (χ4v) is 3.09. The zero-order valence-electron chi connectivity index (χ0n) is 11.5. The predicted molar refractivity (Wildman–Crippen MR) is 76.8 cm³/mol. The molecule has 2 amide bonds. The minimum atomic E-state index is -0.207. The van der Waals surface area contributed by atoms with E-state index in [4.69, 9.17) is 0 Å². The van der Waals surface area contributed by atoms with Crippen molar-refractivity contribution >= 4 is 28.3 Å². The molecule has 1 aromatic rings. The summed E-state index contributed by atoms with van der Waals surface area (Å²) in [7, 11) is 0. The largest absolute Gasteiger partial charge is 0.394 e. The van der Waals surface area contributed by atoms with Gasteiger partial charge in [0.05, 0.1) is 12.6 Å². The van der Waals surface area contributed by atoms with Gasteiger partial charge >= 0.3 is 0 Å². The predicted octanol–water partition coefficient (Wildman–Crippen LogP) is 1.48. The quantitative estimate of drug-likeness (QED) is 0.885. The Balaban J connectivity index is 2.11. The Labute approximate surface area is 121 Å². The molecule has 0 radical (unpaired) electrons. The van der Waals surface area contributed by atoms with E-state index in [2.05, 4.69) is 10.3 Å². The lowest BCUT2D eigenvalue weighted by atomic mass is 10.1. The van der Waals surface area contributed by atoms with E-state index in [-0.39, 0.29) is 24.5 Å². The SMILES string of the molecule is CC(=O)Nc1nc(C(=O)N2CCCCCC2CO)cs1. The molecule has 2 rings (SSSR count). The molecule has 1 aromatic heterocycles. The Morgan fingerprint density at radius 3 is 3.00 bits per heavy atom. The maximum absolute atomic E-state index is 12.5. The molecule has 1 unspecified atom stereocenters. The normalized spacial score (nSPS) is 19.5. The van der Waals surface area contributed by atoms with Gasteiger partial charge in [-0.25, -0.2) is 4.98 Å². The lowest BCUT2D eigenvalue weighted by Gasteiger charge is -2.27. The van der Waals surface area contributed by atoms with Crippen LogP contribution in [-0.2, 0) is 4.79 Å². The molecule has 0 saturated carbocycles. The van der Waals surface area contributed by atoms with Crippen LogP contribution in [0.15, 0.2) is 5.38 Å². The number of hydrogen-bond acceptors (Lipinski definition) is 5. The first-order chi connectivity index (χ1) is 9.61. The number of hydrogen-bond donors (Lipinski definition) is 2. The molecule has 1 fully saturated rings. The summed E-state index contributed by atoms with van der Waals surface area (Å²) in [5.74, 6) is -0.375. The van der Waals surface area contributed by atoms with Gasteiger partial charge in [-0.3, -0.25) is 9.59 Å². The molecule has 110 valence electrons. The highest BCUT2D eigenvalue weighted by Crippen LogP contribution is 2.21. The number of carbonyl (C=O) groups is 2. The lowest BCUT2D eigenvalue weighted by molar-refractivity contribution is -0.114. The average molecular weight is 297 g/mol. The van der Waals surface area contributed by atoms with E-state index in [9.17, 15) is 14.7 Å². The molecular weight excluding hydrogens is 278 g/mol. The van der Waals surface area contributed by atoms with E-state index in [1.165, 1.54) is 18.3 Å². The van der Waals surface area contributed by atoms with Gasteiger partial charge in [-0.15, -0.1) is 11.3 Å². The number of aliphatic hydroxyl groups excluding tert-OH is 1. The molecule has 0 spiro atoms. The molecule has 1 aliphatic rings. The third-order valence-corrected chi connectivity index (χ3v) is 4.11. The number of aromatic nitrogens is 1. The zero-order chi connectivity index (χ0) is 14.5. The van der Waals surface area contributed by atoms with Gasteiger partial charge in [0.2, 0.25) is 5.91 Å². The van der Waals surface area contributed by atoms with Crippen LogP contribution in [0.1, 0.15) is 43.1 Å². The number of amides is 2. The molecular formula is C13H19N3O3S. The second-order valence-corrected chi connectivity index (χ2v) is 5.76. The fourth-order valence-electron chi connectivity index (χ4n) is 2.36. The molecule has 20 heavy (non-hydrogen) atoms. The second kappa shape index (κ2) is 6.81. The van der Waals surface area contributed by atoms with Crippen molar-refractivity contribution in [2.75, 3.05) is 18.5 Å². The summed E-state index contributed by atoms with van der Waals surface area (Å²) in [4.78, 5) is 29.3. The monoisotopic (exact) mass is 297 g/mol. The molecule has 6 nitrogen and oxygen atoms in total. The Morgan fingerprint density at radius 1 is 1.50 bits per heavy atom. The third kappa shape index (κ3) is 3.55. The fraction of sp³-hybridized carbons (Fsp3) is 0.615. The number of nitrogens with zero attached hydrogens (tertiary/aromatic N) is 2. The maximum atomic E-state index is 12.5. The van der Waals surface area contributed by atoms with Gasteiger partial charge in [0, 0.05) is 18.8 Å². The van der Waals surface area contributed by atoms with Crippen LogP contribution in [0, 0.1) is 0 Å². The Morgan fingerprint density at radius 2 is 2.30 bits per heavy atom. The number of rotatable bonds is 3. The molecule has 1 saturated heterocycles. The number of nitrogens with one attached hydrogen (secondary N) is 1. The molecule has 2 N–H and O–H groups in total. The van der Waals surface area contributed by atoms with Crippen LogP contribution in [0.4, 0.5) is 5.13 Å². The highest BCUT2D eigenvalue weighted by molar-refractivity contribution is 7.14. The standard InChI is InChI=1S/C13H19N3O3S/c1-9(18)14-13-15-11(8-20-13)12(19)16-6-4-2-3-5-10(16)7-17/h8,10,17H,2-7H2,1H3,(H,14,15,18). The summed E-state index contributed by atoms with van der Waals surface area (Å²) in [5.41, 5.74) is 0.332. The number of aliphatic hydroxyl groups is 1. The second-order valence-electron chi connectivity index (χ2n) is 4.90. The Hall–Kier alpha value is -1.47. The van der Waals surface area contributed by atoms with Crippen molar-refractivity contribution in [3.05, 3.63) is 11.1 Å². The summed E-state index contributed by atoms with van der Waals surface area (Å²) in [6.45, 7) is 2.03. The summed E-state index contributed by atoms with van der Waals surface area (Å²) in [6, 6.07) is -0.129. The molecule has 0 bridgehead atoms. The smallest absolute Gasteiger partial charge is 0.273 e. The van der Waals surface area contributed by atoms with Crippen LogP contribution < -0.4 is 5.32 Å². The van der Waals surface area contributed by atoms with Crippen molar-refractivity contribution in [2.45, 2.75) is 38.6 Å². The average Bonchev–Trinajstić information content (AvgIpc) is 2.74. The summed E-state index contributed by atoms with van der Waals surface area (Å²) < 4.78 is 0. The van der Waals surface area contributed by atoms with Crippen molar-refractivity contribution in [1.82, 2.24) is 9.88 Å². The molecule has 0 aromatic carbocycles. The van der Waals surface area contributed by atoms with Gasteiger partial charge in [-0.1, -0.05) is 12.8 Å². The molecule has 2 heterocycles. The third-order valence-electron chi connectivity index (χ3n) is 3.36. The molecule has 1 aliphatic heterocycles. The number of thiazole rings is 1. The summed E-state index contributed by atoms with van der Waals surface area (Å²) in [6.07, 6.45) is 3.88. The molecule has 0 aliphatic carbocycles. The van der Waals surface area contributed by atoms with Crippen LogP contribution in [0.5, 0.6) is 0 Å². The van der Waals surface area contributed by atoms with Gasteiger partial charge in [-0.2, -0.15) is 0 Å². The van der Waals surface area contributed by atoms with Crippen LogP contribution in [0.3, 0.4) is 0 Å². The first-order valence-electron chi connectivity index (χ1n) is 6.76. The van der Waals surface area contributed by atoms with Crippen molar-refractivity contribution in [3.63, 3.8) is 0 Å². The van der Waals surface area contributed by atoms with Crippen molar-refractivity contribution in [1.29, 1.82) is 0 Å². The van der Waals surface area contributed by atoms with E-state index >= 15 is 0 Å². The number of carbonyl (C=O) groups excluding carboxylic acids is 2. The first kappa shape index (κ1) is 14.9. The van der Waals surface area contributed by atoms with Gasteiger partial charge in [0.15, 0.2) is 5.13 Å². The van der Waals surface area contributed by atoms with Crippen LogP contribution in [-0.4, -0.2) is 46.0 Å². The topological polar surface area (TPSA) is 82.5 Å². The Kier molecular flexibility index (Phi) is 5.08. The van der Waals surface area contributed by atoms with Crippen molar-refractivity contribution in [2.24, 2.45) is 0 Å². The van der Waals surface area contributed by atoms with Crippen LogP contribution >= 0.6 is 11.3 Å². The van der Waals surface area contributed by atoms with E-state index in [1.54, 1.807) is 10.3 Å². The van der Waals surface area contributed by atoms with Gasteiger partial charge < -0.3 is 15.3 Å². The highest BCUT2D eigenvalue weighted by Gasteiger charge is 2.27. The van der Waals surface area contributed by atoms with Gasteiger partial charge in [-0.05, 0) is 12.8 Å². The van der Waals surface area contributed by atoms with Crippen LogP contribution in [0.2, 0.25) is 0 Å². The number of likely N-dealkylation sites (tertiary alicyclic amines) is 1. The minimum Gasteiger partial charge on any atom is -0.394 e. The van der Waals surface area contributed by atoms with Crippen molar-refractivity contribution < 1.29 is 14.7 Å². The van der Waals surface area contributed by atoms with Crippen LogP contribution in [0.25, 0.3) is 0 Å². The van der Waals surface area contributed by atoms with Gasteiger partial charge in [0.25, 0.3) is 5.91 Å².